The summed E-state index contributed by atoms with van der Waals surface area (Å²) in [4.78, 5) is 21.8. The summed E-state index contributed by atoms with van der Waals surface area (Å²) in [5.74, 6) is -1.10. The van der Waals surface area contributed by atoms with Gasteiger partial charge in [-0.15, -0.1) is 12.4 Å². The van der Waals surface area contributed by atoms with Gasteiger partial charge in [-0.1, -0.05) is 55.8 Å². The molecule has 0 fully saturated rings. The van der Waals surface area contributed by atoms with E-state index in [0.717, 1.165) is 35.3 Å². The molecule has 0 saturated heterocycles. The fraction of sp³-hybridized carbons (Fsp3) is 0.391. The number of amides is 1. The highest BCUT2D eigenvalue weighted by atomic mass is 35.5. The fourth-order valence-corrected chi connectivity index (χ4v) is 5.85. The molecule has 0 aliphatic carbocycles. The zero-order chi connectivity index (χ0) is 23.3. The lowest BCUT2D eigenvalue weighted by molar-refractivity contribution is -0.116. The number of nitrogens with zero attached hydrogens (tertiary/aromatic N) is 3. The Morgan fingerprint density at radius 1 is 1.03 bits per heavy atom. The smallest absolute Gasteiger partial charge is 0.244 e. The lowest BCUT2D eigenvalue weighted by Crippen LogP contribution is -2.41. The van der Waals surface area contributed by atoms with Crippen LogP contribution in [-0.4, -0.2) is 56.1 Å². The third-order valence-electron chi connectivity index (χ3n) is 5.42. The van der Waals surface area contributed by atoms with E-state index >= 15 is 0 Å². The van der Waals surface area contributed by atoms with Gasteiger partial charge >= 0.3 is 0 Å². The molecule has 1 aromatic heterocycles. The molecule has 0 spiro atoms. The van der Waals surface area contributed by atoms with Crippen LogP contribution < -0.4 is 4.90 Å². The zero-order valence-electron chi connectivity index (χ0n) is 19.0. The van der Waals surface area contributed by atoms with Crippen LogP contribution in [0.4, 0.5) is 5.13 Å². The Labute approximate surface area is 210 Å². The molecule has 0 radical (unpaired) electrons. The van der Waals surface area contributed by atoms with E-state index in [1.54, 1.807) is 0 Å². The van der Waals surface area contributed by atoms with E-state index in [-0.39, 0.29) is 17.3 Å². The molecule has 0 unspecified atom stereocenters. The van der Waals surface area contributed by atoms with Crippen molar-refractivity contribution in [3.8, 4) is 0 Å². The number of carbonyl (C=O) groups excluding carboxylic acids is 1. The van der Waals surface area contributed by atoms with Gasteiger partial charge in [0.2, 0.25) is 5.91 Å². The summed E-state index contributed by atoms with van der Waals surface area (Å²) in [7, 11) is -3.81. The number of thiazole rings is 1. The van der Waals surface area contributed by atoms with Gasteiger partial charge in [0, 0.05) is 18.1 Å². The molecule has 0 N–H and O–H groups in total. The maximum atomic E-state index is 13.3. The largest absolute Gasteiger partial charge is 0.302 e. The standard InChI is InChI=1S/C23H28ClN3O3S2.ClH/c1-4-17-8-7-9-20-22(17)25-23(31-20)27(15-14-26(5-2)6-3)21(28)16-32(29,30)19-12-10-18(24)11-13-19;/h7-13H,4-6,14-16H2,1-3H3;1H. The van der Waals surface area contributed by atoms with Gasteiger partial charge in [-0.3, -0.25) is 9.69 Å². The van der Waals surface area contributed by atoms with E-state index in [9.17, 15) is 13.2 Å². The van der Waals surface area contributed by atoms with Gasteiger partial charge in [0.1, 0.15) is 5.75 Å². The summed E-state index contributed by atoms with van der Waals surface area (Å²) < 4.78 is 26.8. The molecular formula is C23H29Cl2N3O3S2. The van der Waals surface area contributed by atoms with Crippen molar-refractivity contribution >= 4 is 66.4 Å². The quantitative estimate of drug-likeness (QED) is 0.366. The molecule has 3 rings (SSSR count). The third kappa shape index (κ3) is 6.67. The van der Waals surface area contributed by atoms with Gasteiger partial charge in [0.15, 0.2) is 15.0 Å². The van der Waals surface area contributed by atoms with Gasteiger partial charge in [-0.25, -0.2) is 13.4 Å². The second-order valence-corrected chi connectivity index (χ2v) is 10.8. The van der Waals surface area contributed by atoms with Crippen molar-refractivity contribution in [2.45, 2.75) is 32.1 Å². The second-order valence-electron chi connectivity index (χ2n) is 7.40. The molecule has 3 aromatic rings. The van der Waals surface area contributed by atoms with Crippen molar-refractivity contribution in [3.63, 3.8) is 0 Å². The number of rotatable bonds is 10. The Morgan fingerprint density at radius 2 is 1.70 bits per heavy atom. The van der Waals surface area contributed by atoms with E-state index in [2.05, 4.69) is 25.7 Å². The van der Waals surface area contributed by atoms with Crippen LogP contribution in [0.1, 0.15) is 26.3 Å². The first-order valence-electron chi connectivity index (χ1n) is 10.7. The first kappa shape index (κ1) is 27.5. The lowest BCUT2D eigenvalue weighted by atomic mass is 10.1. The number of aromatic nitrogens is 1. The van der Waals surface area contributed by atoms with Crippen molar-refractivity contribution in [1.82, 2.24) is 9.88 Å². The molecule has 1 heterocycles. The predicted molar refractivity (Wildman–Crippen MR) is 140 cm³/mol. The second kappa shape index (κ2) is 12.1. The number of likely N-dealkylation sites (N-methyl/N-ethyl adjacent to an activating group) is 1. The molecule has 0 atom stereocenters. The molecule has 10 heteroatoms. The molecule has 0 aliphatic rings. The van der Waals surface area contributed by atoms with E-state index < -0.39 is 21.5 Å². The number of carbonyl (C=O) groups is 1. The minimum absolute atomic E-state index is 0. The van der Waals surface area contributed by atoms with E-state index in [1.165, 1.54) is 40.5 Å². The predicted octanol–water partition coefficient (Wildman–Crippen LogP) is 5.08. The van der Waals surface area contributed by atoms with Crippen molar-refractivity contribution < 1.29 is 13.2 Å². The van der Waals surface area contributed by atoms with Crippen molar-refractivity contribution in [2.75, 3.05) is 36.8 Å². The molecular weight excluding hydrogens is 501 g/mol. The van der Waals surface area contributed by atoms with Crippen LogP contribution in [0, 0.1) is 0 Å². The van der Waals surface area contributed by atoms with Crippen molar-refractivity contribution in [1.29, 1.82) is 0 Å². The average molecular weight is 531 g/mol. The van der Waals surface area contributed by atoms with Crippen LogP contribution in [0.25, 0.3) is 10.2 Å². The molecule has 2 aromatic carbocycles. The zero-order valence-corrected chi connectivity index (χ0v) is 22.2. The van der Waals surface area contributed by atoms with Gasteiger partial charge in [-0.2, -0.15) is 0 Å². The maximum Gasteiger partial charge on any atom is 0.244 e. The van der Waals surface area contributed by atoms with Gasteiger partial charge in [0.05, 0.1) is 15.1 Å². The van der Waals surface area contributed by atoms with E-state index in [1.807, 2.05) is 18.2 Å². The van der Waals surface area contributed by atoms with Crippen LogP contribution >= 0.6 is 35.3 Å². The number of aryl methyl sites for hydroxylation is 1. The summed E-state index contributed by atoms with van der Waals surface area (Å²) in [6.07, 6.45) is 0.832. The van der Waals surface area contributed by atoms with Crippen LogP contribution in [-0.2, 0) is 21.1 Å². The minimum atomic E-state index is -3.81. The molecule has 0 bridgehead atoms. The lowest BCUT2D eigenvalue weighted by Gasteiger charge is -2.24. The highest BCUT2D eigenvalue weighted by Gasteiger charge is 2.27. The monoisotopic (exact) mass is 529 g/mol. The Balaban J connectivity index is 0.00000385. The molecule has 180 valence electrons. The third-order valence-corrected chi connectivity index (χ3v) is 8.34. The number of halogens is 2. The number of sulfone groups is 1. The Kier molecular flexibility index (Phi) is 10.1. The number of anilines is 1. The fourth-order valence-electron chi connectivity index (χ4n) is 3.47. The topological polar surface area (TPSA) is 70.6 Å². The Bertz CT molecular complexity index is 1180. The molecule has 33 heavy (non-hydrogen) atoms. The van der Waals surface area contributed by atoms with Crippen LogP contribution in [0.3, 0.4) is 0 Å². The number of hydrogen-bond acceptors (Lipinski definition) is 6. The number of fused-ring (bicyclic) bond motifs is 1. The molecule has 6 nitrogen and oxygen atoms in total. The maximum absolute atomic E-state index is 13.3. The summed E-state index contributed by atoms with van der Waals surface area (Å²) in [5.41, 5.74) is 1.98. The van der Waals surface area contributed by atoms with Crippen LogP contribution in [0.15, 0.2) is 47.4 Å². The Morgan fingerprint density at radius 3 is 2.30 bits per heavy atom. The number of para-hydroxylation sites is 1. The normalized spacial score (nSPS) is 11.5. The number of hydrogen-bond donors (Lipinski definition) is 0. The van der Waals surface area contributed by atoms with Crippen molar-refractivity contribution in [3.05, 3.63) is 53.1 Å². The van der Waals surface area contributed by atoms with E-state index in [0.29, 0.717) is 23.2 Å². The van der Waals surface area contributed by atoms with Gasteiger partial charge < -0.3 is 4.90 Å². The first-order chi connectivity index (χ1) is 15.3. The highest BCUT2D eigenvalue weighted by molar-refractivity contribution is 7.92. The summed E-state index contributed by atoms with van der Waals surface area (Å²) >= 11 is 7.30. The summed E-state index contributed by atoms with van der Waals surface area (Å²) in [5, 5.41) is 0.974. The van der Waals surface area contributed by atoms with Crippen LogP contribution in [0.2, 0.25) is 5.02 Å². The average Bonchev–Trinajstić information content (AvgIpc) is 3.20. The van der Waals surface area contributed by atoms with E-state index in [4.69, 9.17) is 16.6 Å². The van der Waals surface area contributed by atoms with Crippen LogP contribution in [0.5, 0.6) is 0 Å². The minimum Gasteiger partial charge on any atom is -0.302 e. The number of benzene rings is 2. The summed E-state index contributed by atoms with van der Waals surface area (Å²) in [6, 6.07) is 11.9. The van der Waals surface area contributed by atoms with Gasteiger partial charge in [0.25, 0.3) is 0 Å². The molecule has 1 amide bonds. The Hall–Kier alpha value is -1.71. The first-order valence-corrected chi connectivity index (χ1v) is 13.5. The molecule has 0 saturated carbocycles. The highest BCUT2D eigenvalue weighted by Crippen LogP contribution is 2.31. The summed E-state index contributed by atoms with van der Waals surface area (Å²) in [6.45, 7) is 8.89. The SMILES string of the molecule is CCc1cccc2sc(N(CCN(CC)CC)C(=O)CS(=O)(=O)c3ccc(Cl)cc3)nc12.Cl. The van der Waals surface area contributed by atoms with Gasteiger partial charge in [-0.05, 0) is 55.4 Å². The molecule has 0 aliphatic heterocycles. The van der Waals surface area contributed by atoms with Crippen molar-refractivity contribution in [2.24, 2.45) is 0 Å².